The molecule has 1 aliphatic heterocycles. The Morgan fingerprint density at radius 1 is 1.36 bits per heavy atom. The van der Waals surface area contributed by atoms with Crippen LogP contribution < -0.4 is 5.73 Å². The largest absolute Gasteiger partial charge is 0.341 e. The highest BCUT2D eigenvalue weighted by molar-refractivity contribution is 7.89. The summed E-state index contributed by atoms with van der Waals surface area (Å²) in [6.45, 7) is 5.67. The van der Waals surface area contributed by atoms with Crippen molar-refractivity contribution in [3.05, 3.63) is 16.3 Å². The van der Waals surface area contributed by atoms with Crippen LogP contribution in [0.4, 0.5) is 0 Å². The summed E-state index contributed by atoms with van der Waals surface area (Å²) in [5.41, 5.74) is 6.03. The lowest BCUT2D eigenvalue weighted by Crippen LogP contribution is -2.35. The Morgan fingerprint density at radius 2 is 1.96 bits per heavy atom. The van der Waals surface area contributed by atoms with Crippen molar-refractivity contribution in [3.63, 3.8) is 0 Å². The lowest BCUT2D eigenvalue weighted by atomic mass is 10.0. The standard InChI is InChI=1S/C16H27N3O3S2.ClH/c1-12(2)13(17)6-10-18(3)16(20)15-14(7-11-23-15)24(21,22)19-8-4-5-9-19;/h7,11-13H,4-6,8-10,17H2,1-3H3;1H. The van der Waals surface area contributed by atoms with Gasteiger partial charge in [-0.05, 0) is 36.6 Å². The molecule has 2 heterocycles. The molecule has 0 bridgehead atoms. The van der Waals surface area contributed by atoms with Crippen molar-refractivity contribution in [2.75, 3.05) is 26.7 Å². The highest BCUT2D eigenvalue weighted by atomic mass is 35.5. The average molecular weight is 410 g/mol. The van der Waals surface area contributed by atoms with Gasteiger partial charge in [0.05, 0.1) is 0 Å². The summed E-state index contributed by atoms with van der Waals surface area (Å²) in [6.07, 6.45) is 2.44. The van der Waals surface area contributed by atoms with E-state index in [-0.39, 0.29) is 29.3 Å². The molecule has 1 fully saturated rings. The molecule has 6 nitrogen and oxygen atoms in total. The predicted molar refractivity (Wildman–Crippen MR) is 104 cm³/mol. The van der Waals surface area contributed by atoms with E-state index in [4.69, 9.17) is 5.73 Å². The second-order valence-electron chi connectivity index (χ2n) is 6.65. The van der Waals surface area contributed by atoms with Crippen molar-refractivity contribution in [1.82, 2.24) is 9.21 Å². The van der Waals surface area contributed by atoms with E-state index < -0.39 is 10.0 Å². The van der Waals surface area contributed by atoms with Gasteiger partial charge in [-0.15, -0.1) is 23.7 Å². The molecule has 2 N–H and O–H groups in total. The van der Waals surface area contributed by atoms with E-state index >= 15 is 0 Å². The molecule has 1 aliphatic rings. The zero-order chi connectivity index (χ0) is 17.9. The topological polar surface area (TPSA) is 83.7 Å². The van der Waals surface area contributed by atoms with E-state index in [9.17, 15) is 13.2 Å². The van der Waals surface area contributed by atoms with E-state index in [0.717, 1.165) is 12.8 Å². The number of hydrogen-bond donors (Lipinski definition) is 1. The SMILES string of the molecule is CC(C)C(N)CCN(C)C(=O)c1sccc1S(=O)(=O)N1CCCC1.Cl. The van der Waals surface area contributed by atoms with Crippen molar-refractivity contribution in [2.45, 2.75) is 44.0 Å². The Labute approximate surface area is 160 Å². The quantitative estimate of drug-likeness (QED) is 0.749. The third kappa shape index (κ3) is 5.17. The number of rotatable bonds is 7. The summed E-state index contributed by atoms with van der Waals surface area (Å²) in [4.78, 5) is 14.7. The average Bonchev–Trinajstić information content (AvgIpc) is 3.22. The van der Waals surface area contributed by atoms with Gasteiger partial charge in [0.15, 0.2) is 0 Å². The summed E-state index contributed by atoms with van der Waals surface area (Å²) < 4.78 is 27.0. The summed E-state index contributed by atoms with van der Waals surface area (Å²) in [5, 5.41) is 1.67. The maximum atomic E-state index is 12.7. The summed E-state index contributed by atoms with van der Waals surface area (Å²) in [6, 6.07) is 1.57. The molecule has 2 rings (SSSR count). The van der Waals surface area contributed by atoms with Gasteiger partial charge in [-0.3, -0.25) is 4.79 Å². The fraction of sp³-hybridized carbons (Fsp3) is 0.688. The van der Waals surface area contributed by atoms with Gasteiger partial charge in [-0.2, -0.15) is 4.31 Å². The van der Waals surface area contributed by atoms with Crippen LogP contribution >= 0.6 is 23.7 Å². The van der Waals surface area contributed by atoms with E-state index in [1.54, 1.807) is 23.4 Å². The van der Waals surface area contributed by atoms with Gasteiger partial charge in [0, 0.05) is 32.7 Å². The van der Waals surface area contributed by atoms with Gasteiger partial charge in [0.2, 0.25) is 10.0 Å². The van der Waals surface area contributed by atoms with Crippen LogP contribution in [0.1, 0.15) is 42.8 Å². The first-order valence-electron chi connectivity index (χ1n) is 8.34. The number of halogens is 1. The van der Waals surface area contributed by atoms with Crippen molar-refractivity contribution in [2.24, 2.45) is 11.7 Å². The molecule has 1 aromatic rings. The maximum Gasteiger partial charge on any atom is 0.265 e. The number of nitrogens with zero attached hydrogens (tertiary/aromatic N) is 2. The molecule has 0 saturated carbocycles. The van der Waals surface area contributed by atoms with Crippen LogP contribution in [0.5, 0.6) is 0 Å². The zero-order valence-corrected chi connectivity index (χ0v) is 17.4. The third-order valence-corrected chi connectivity index (χ3v) is 7.48. The fourth-order valence-electron chi connectivity index (χ4n) is 2.68. The van der Waals surface area contributed by atoms with E-state index in [0.29, 0.717) is 36.9 Å². The van der Waals surface area contributed by atoms with Crippen molar-refractivity contribution < 1.29 is 13.2 Å². The molecule has 144 valence electrons. The molecule has 0 spiro atoms. The molecular weight excluding hydrogens is 382 g/mol. The fourth-order valence-corrected chi connectivity index (χ4v) is 5.58. The van der Waals surface area contributed by atoms with Gasteiger partial charge in [0.25, 0.3) is 5.91 Å². The normalized spacial score (nSPS) is 16.7. The van der Waals surface area contributed by atoms with Gasteiger partial charge in [0.1, 0.15) is 9.77 Å². The van der Waals surface area contributed by atoms with Gasteiger partial charge >= 0.3 is 0 Å². The molecule has 9 heteroatoms. The molecule has 0 aliphatic carbocycles. The predicted octanol–water partition coefficient (Wildman–Crippen LogP) is 2.40. The minimum absolute atomic E-state index is 0. The number of sulfonamides is 1. The van der Waals surface area contributed by atoms with Crippen molar-refractivity contribution in [3.8, 4) is 0 Å². The van der Waals surface area contributed by atoms with Crippen LogP contribution in [-0.2, 0) is 10.0 Å². The van der Waals surface area contributed by atoms with Crippen molar-refractivity contribution >= 4 is 39.7 Å². The lowest BCUT2D eigenvalue weighted by Gasteiger charge is -2.22. The van der Waals surface area contributed by atoms with Crippen LogP contribution in [0, 0.1) is 5.92 Å². The number of nitrogens with two attached hydrogens (primary N) is 1. The monoisotopic (exact) mass is 409 g/mol. The second kappa shape index (κ2) is 9.32. The zero-order valence-electron chi connectivity index (χ0n) is 15.0. The van der Waals surface area contributed by atoms with E-state index in [2.05, 4.69) is 0 Å². The van der Waals surface area contributed by atoms with Crippen LogP contribution in [0.25, 0.3) is 0 Å². The van der Waals surface area contributed by atoms with Crippen LogP contribution in [0.3, 0.4) is 0 Å². The summed E-state index contributed by atoms with van der Waals surface area (Å²) in [7, 11) is -1.88. The first-order valence-corrected chi connectivity index (χ1v) is 10.7. The minimum Gasteiger partial charge on any atom is -0.341 e. The number of hydrogen-bond acceptors (Lipinski definition) is 5. The molecule has 1 atom stereocenters. The Kier molecular flexibility index (Phi) is 8.34. The first kappa shape index (κ1) is 22.4. The van der Waals surface area contributed by atoms with Gasteiger partial charge in [-0.25, -0.2) is 8.42 Å². The molecule has 1 aromatic heterocycles. The second-order valence-corrected chi connectivity index (χ2v) is 9.47. The lowest BCUT2D eigenvalue weighted by molar-refractivity contribution is 0.0790. The maximum absolute atomic E-state index is 12.7. The van der Waals surface area contributed by atoms with Crippen molar-refractivity contribution in [1.29, 1.82) is 0 Å². The van der Waals surface area contributed by atoms with Crippen LogP contribution in [0.2, 0.25) is 0 Å². The van der Waals surface area contributed by atoms with E-state index in [1.165, 1.54) is 15.6 Å². The molecule has 0 radical (unpaired) electrons. The summed E-state index contributed by atoms with van der Waals surface area (Å²) in [5.74, 6) is 0.0973. The molecule has 1 unspecified atom stereocenters. The van der Waals surface area contributed by atoms with Crippen LogP contribution in [0.15, 0.2) is 16.3 Å². The minimum atomic E-state index is -3.58. The number of carbonyl (C=O) groups is 1. The Balaban J connectivity index is 0.00000312. The van der Waals surface area contributed by atoms with Gasteiger partial charge in [-0.1, -0.05) is 13.8 Å². The van der Waals surface area contributed by atoms with Gasteiger partial charge < -0.3 is 10.6 Å². The molecule has 25 heavy (non-hydrogen) atoms. The Morgan fingerprint density at radius 3 is 2.52 bits per heavy atom. The molecule has 0 aromatic carbocycles. The number of thiophene rings is 1. The third-order valence-electron chi connectivity index (χ3n) is 4.51. The summed E-state index contributed by atoms with van der Waals surface area (Å²) >= 11 is 1.18. The Hall–Kier alpha value is -0.670. The highest BCUT2D eigenvalue weighted by Crippen LogP contribution is 2.28. The molecule has 1 amide bonds. The van der Waals surface area contributed by atoms with E-state index in [1.807, 2.05) is 13.8 Å². The van der Waals surface area contributed by atoms with Crippen LogP contribution in [-0.4, -0.2) is 56.3 Å². The Bertz CT molecular complexity index is 670. The number of amides is 1. The smallest absolute Gasteiger partial charge is 0.265 e. The molecular formula is C16H28ClN3O3S2. The molecule has 1 saturated heterocycles. The number of carbonyl (C=O) groups excluding carboxylic acids is 1. The highest BCUT2D eigenvalue weighted by Gasteiger charge is 2.32. The first-order chi connectivity index (χ1) is 11.2.